The Kier molecular flexibility index (Phi) is 5.53. The van der Waals surface area contributed by atoms with Crippen LogP contribution < -0.4 is 5.32 Å². The SMILES string of the molecule is CN(C)[C@H](C(=O)NCC1(O)CCCCC1)c1cccc(F)c1. The summed E-state index contributed by atoms with van der Waals surface area (Å²) in [6.07, 6.45) is 4.57. The van der Waals surface area contributed by atoms with Gasteiger partial charge in [-0.2, -0.15) is 0 Å². The van der Waals surface area contributed by atoms with Gasteiger partial charge in [0.1, 0.15) is 11.9 Å². The van der Waals surface area contributed by atoms with E-state index in [1.807, 2.05) is 0 Å². The summed E-state index contributed by atoms with van der Waals surface area (Å²) in [6.45, 7) is 0.255. The normalized spacial score (nSPS) is 19.0. The average molecular weight is 308 g/mol. The molecule has 1 saturated carbocycles. The molecule has 1 atom stereocenters. The van der Waals surface area contributed by atoms with Gasteiger partial charge in [0.15, 0.2) is 0 Å². The van der Waals surface area contributed by atoms with Crippen molar-refractivity contribution in [1.29, 1.82) is 0 Å². The van der Waals surface area contributed by atoms with Gasteiger partial charge in [-0.1, -0.05) is 31.4 Å². The standard InChI is InChI=1S/C17H25FN2O2/c1-20(2)15(13-7-6-8-14(18)11-13)16(21)19-12-17(22)9-4-3-5-10-17/h6-8,11,15,22H,3-5,9-10,12H2,1-2H3,(H,19,21)/t15-/m0/s1. The Labute approximate surface area is 131 Å². The first kappa shape index (κ1) is 16.9. The van der Waals surface area contributed by atoms with E-state index >= 15 is 0 Å². The lowest BCUT2D eigenvalue weighted by Gasteiger charge is -2.33. The molecule has 5 heteroatoms. The molecule has 122 valence electrons. The van der Waals surface area contributed by atoms with Crippen LogP contribution in [-0.2, 0) is 4.79 Å². The van der Waals surface area contributed by atoms with E-state index in [4.69, 9.17) is 0 Å². The predicted octanol–water partition coefficient (Wildman–Crippen LogP) is 2.24. The van der Waals surface area contributed by atoms with Crippen LogP contribution in [0.1, 0.15) is 43.7 Å². The van der Waals surface area contributed by atoms with Crippen LogP contribution in [0, 0.1) is 5.82 Å². The van der Waals surface area contributed by atoms with Crippen molar-refractivity contribution in [3.8, 4) is 0 Å². The van der Waals surface area contributed by atoms with Gasteiger partial charge in [-0.15, -0.1) is 0 Å². The van der Waals surface area contributed by atoms with Gasteiger partial charge in [-0.3, -0.25) is 9.69 Å². The summed E-state index contributed by atoms with van der Waals surface area (Å²) in [7, 11) is 3.56. The molecule has 0 heterocycles. The summed E-state index contributed by atoms with van der Waals surface area (Å²) in [5.74, 6) is -0.572. The molecule has 0 spiro atoms. The highest BCUT2D eigenvalue weighted by molar-refractivity contribution is 5.83. The van der Waals surface area contributed by atoms with E-state index in [-0.39, 0.29) is 18.3 Å². The maximum Gasteiger partial charge on any atom is 0.242 e. The van der Waals surface area contributed by atoms with Crippen molar-refractivity contribution < 1.29 is 14.3 Å². The minimum Gasteiger partial charge on any atom is -0.388 e. The van der Waals surface area contributed by atoms with E-state index in [0.29, 0.717) is 5.56 Å². The molecule has 1 aliphatic rings. The van der Waals surface area contributed by atoms with E-state index < -0.39 is 11.6 Å². The van der Waals surface area contributed by atoms with Crippen LogP contribution in [0.4, 0.5) is 4.39 Å². The molecule has 1 amide bonds. The highest BCUT2D eigenvalue weighted by Crippen LogP contribution is 2.27. The molecule has 1 aromatic carbocycles. The Morgan fingerprint density at radius 3 is 2.64 bits per heavy atom. The Balaban J connectivity index is 2.04. The number of nitrogens with zero attached hydrogens (tertiary/aromatic N) is 1. The van der Waals surface area contributed by atoms with E-state index in [9.17, 15) is 14.3 Å². The summed E-state index contributed by atoms with van der Waals surface area (Å²) >= 11 is 0. The van der Waals surface area contributed by atoms with Crippen molar-refractivity contribution in [3.05, 3.63) is 35.6 Å². The van der Waals surface area contributed by atoms with Gasteiger partial charge in [0.25, 0.3) is 0 Å². The Morgan fingerprint density at radius 2 is 2.05 bits per heavy atom. The lowest BCUT2D eigenvalue weighted by atomic mass is 9.85. The zero-order valence-electron chi connectivity index (χ0n) is 13.3. The molecule has 0 bridgehead atoms. The number of hydrogen-bond acceptors (Lipinski definition) is 3. The summed E-state index contributed by atoms with van der Waals surface area (Å²) in [4.78, 5) is 14.2. The van der Waals surface area contributed by atoms with Gasteiger partial charge >= 0.3 is 0 Å². The van der Waals surface area contributed by atoms with Gasteiger partial charge in [0, 0.05) is 6.54 Å². The van der Waals surface area contributed by atoms with Crippen molar-refractivity contribution >= 4 is 5.91 Å². The van der Waals surface area contributed by atoms with Crippen LogP contribution in [-0.4, -0.2) is 42.2 Å². The fourth-order valence-electron chi connectivity index (χ4n) is 3.10. The van der Waals surface area contributed by atoms with Crippen molar-refractivity contribution in [2.45, 2.75) is 43.7 Å². The van der Waals surface area contributed by atoms with Crippen molar-refractivity contribution in [3.63, 3.8) is 0 Å². The third kappa shape index (κ3) is 4.27. The van der Waals surface area contributed by atoms with Crippen LogP contribution in [0.5, 0.6) is 0 Å². The van der Waals surface area contributed by atoms with Gasteiger partial charge in [-0.25, -0.2) is 4.39 Å². The monoisotopic (exact) mass is 308 g/mol. The zero-order chi connectivity index (χ0) is 16.2. The first-order chi connectivity index (χ1) is 10.4. The summed E-state index contributed by atoms with van der Waals surface area (Å²) < 4.78 is 13.4. The van der Waals surface area contributed by atoms with Crippen LogP contribution in [0.2, 0.25) is 0 Å². The molecule has 4 nitrogen and oxygen atoms in total. The second-order valence-electron chi connectivity index (χ2n) is 6.42. The quantitative estimate of drug-likeness (QED) is 0.877. The fraction of sp³-hybridized carbons (Fsp3) is 0.588. The molecular weight excluding hydrogens is 283 g/mol. The first-order valence-electron chi connectivity index (χ1n) is 7.83. The summed E-state index contributed by atoms with van der Waals surface area (Å²) in [6, 6.07) is 5.51. The highest BCUT2D eigenvalue weighted by Gasteiger charge is 2.31. The number of hydrogen-bond donors (Lipinski definition) is 2. The number of amides is 1. The molecule has 0 saturated heterocycles. The van der Waals surface area contributed by atoms with Crippen LogP contribution in [0.25, 0.3) is 0 Å². The van der Waals surface area contributed by atoms with Crippen molar-refractivity contribution in [1.82, 2.24) is 10.2 Å². The summed E-state index contributed by atoms with van der Waals surface area (Å²) in [5.41, 5.74) is -0.190. The number of rotatable bonds is 5. The maximum atomic E-state index is 13.4. The van der Waals surface area contributed by atoms with Crippen molar-refractivity contribution in [2.24, 2.45) is 0 Å². The number of carbonyl (C=O) groups is 1. The smallest absolute Gasteiger partial charge is 0.242 e. The molecule has 0 aromatic heterocycles. The maximum absolute atomic E-state index is 13.4. The number of likely N-dealkylation sites (N-methyl/N-ethyl adjacent to an activating group) is 1. The molecule has 0 unspecified atom stereocenters. The van der Waals surface area contributed by atoms with Gasteiger partial charge < -0.3 is 10.4 Å². The number of nitrogens with one attached hydrogen (secondary N) is 1. The van der Waals surface area contributed by atoms with Gasteiger partial charge in [0.2, 0.25) is 5.91 Å². The molecule has 1 aliphatic carbocycles. The molecule has 1 aromatic rings. The predicted molar refractivity (Wildman–Crippen MR) is 83.9 cm³/mol. The third-order valence-electron chi connectivity index (χ3n) is 4.31. The molecule has 22 heavy (non-hydrogen) atoms. The Bertz CT molecular complexity index is 513. The molecule has 2 rings (SSSR count). The number of aliphatic hydroxyl groups is 1. The van der Waals surface area contributed by atoms with E-state index in [1.54, 1.807) is 31.1 Å². The third-order valence-corrected chi connectivity index (χ3v) is 4.31. The number of benzene rings is 1. The van der Waals surface area contributed by atoms with Crippen LogP contribution >= 0.6 is 0 Å². The highest BCUT2D eigenvalue weighted by atomic mass is 19.1. The lowest BCUT2D eigenvalue weighted by Crippen LogP contribution is -2.47. The Morgan fingerprint density at radius 1 is 1.36 bits per heavy atom. The van der Waals surface area contributed by atoms with Gasteiger partial charge in [-0.05, 0) is 44.6 Å². The lowest BCUT2D eigenvalue weighted by molar-refractivity contribution is -0.127. The Hall–Kier alpha value is -1.46. The zero-order valence-corrected chi connectivity index (χ0v) is 13.3. The summed E-state index contributed by atoms with van der Waals surface area (Å²) in [5, 5.41) is 13.3. The van der Waals surface area contributed by atoms with Crippen LogP contribution in [0.3, 0.4) is 0 Å². The van der Waals surface area contributed by atoms with Crippen LogP contribution in [0.15, 0.2) is 24.3 Å². The van der Waals surface area contributed by atoms with Crippen molar-refractivity contribution in [2.75, 3.05) is 20.6 Å². The first-order valence-corrected chi connectivity index (χ1v) is 7.83. The largest absolute Gasteiger partial charge is 0.388 e. The van der Waals surface area contributed by atoms with E-state index in [2.05, 4.69) is 5.32 Å². The fourth-order valence-corrected chi connectivity index (χ4v) is 3.10. The van der Waals surface area contributed by atoms with Gasteiger partial charge in [0.05, 0.1) is 5.60 Å². The average Bonchev–Trinajstić information content (AvgIpc) is 2.46. The molecule has 1 fully saturated rings. The second-order valence-corrected chi connectivity index (χ2v) is 6.42. The number of carbonyl (C=O) groups excluding carboxylic acids is 1. The molecule has 2 N–H and O–H groups in total. The second kappa shape index (κ2) is 7.20. The van der Waals surface area contributed by atoms with E-state index in [0.717, 1.165) is 32.1 Å². The van der Waals surface area contributed by atoms with E-state index in [1.165, 1.54) is 12.1 Å². The molecular formula is C17H25FN2O2. The molecule has 0 radical (unpaired) electrons. The minimum absolute atomic E-state index is 0.213. The number of halogens is 1. The topological polar surface area (TPSA) is 52.6 Å². The minimum atomic E-state index is -0.799. The molecule has 0 aliphatic heterocycles.